The van der Waals surface area contributed by atoms with Gasteiger partial charge in [0.1, 0.15) is 19.7 Å². The molecule has 0 aromatic rings. The Labute approximate surface area is 118 Å². The Kier molecular flexibility index (Phi) is 6.49. The number of rotatable bonds is 6. The van der Waals surface area contributed by atoms with E-state index < -0.39 is 5.41 Å². The van der Waals surface area contributed by atoms with Crippen molar-refractivity contribution < 1.29 is 18.8 Å². The smallest absolute Gasteiger partial charge is 0.311 e. The molecule has 0 aliphatic carbocycles. The van der Waals surface area contributed by atoms with E-state index >= 15 is 0 Å². The molecule has 0 aliphatic rings. The maximum Gasteiger partial charge on any atom is 0.311 e. The zero-order chi connectivity index (χ0) is 15.3. The Morgan fingerprint density at radius 1 is 0.947 bits per heavy atom. The number of esters is 1. The Balaban J connectivity index is 3.95. The third-order valence-electron chi connectivity index (χ3n) is 2.77. The predicted molar refractivity (Wildman–Crippen MR) is 78.0 cm³/mol. The zero-order valence-corrected chi connectivity index (χ0v) is 14.0. The molecule has 0 bridgehead atoms. The van der Waals surface area contributed by atoms with Crippen molar-refractivity contribution >= 4 is 5.97 Å². The van der Waals surface area contributed by atoms with Crippen LogP contribution < -0.4 is 0 Å². The fourth-order valence-electron chi connectivity index (χ4n) is 1.31. The molecule has 4 heteroatoms. The van der Waals surface area contributed by atoms with Crippen molar-refractivity contribution in [2.24, 2.45) is 5.41 Å². The number of quaternary nitrogens is 1. The number of hydrogen-bond acceptors (Lipinski definition) is 3. The second-order valence-electron chi connectivity index (χ2n) is 7.73. The van der Waals surface area contributed by atoms with Crippen LogP contribution in [0.2, 0.25) is 0 Å². The first-order valence-corrected chi connectivity index (χ1v) is 6.97. The van der Waals surface area contributed by atoms with Gasteiger partial charge >= 0.3 is 5.97 Å². The van der Waals surface area contributed by atoms with E-state index in [0.717, 1.165) is 17.6 Å². The summed E-state index contributed by atoms with van der Waals surface area (Å²) in [6.45, 7) is 14.6. The van der Waals surface area contributed by atoms with E-state index in [1.165, 1.54) is 0 Å². The van der Waals surface area contributed by atoms with E-state index in [2.05, 4.69) is 34.9 Å². The minimum absolute atomic E-state index is 0.0985. The van der Waals surface area contributed by atoms with Crippen LogP contribution in [0.5, 0.6) is 0 Å². The fourth-order valence-corrected chi connectivity index (χ4v) is 1.31. The molecule has 0 saturated carbocycles. The van der Waals surface area contributed by atoms with Gasteiger partial charge in [0.15, 0.2) is 0 Å². The molecule has 114 valence electrons. The van der Waals surface area contributed by atoms with Gasteiger partial charge in [-0.25, -0.2) is 0 Å². The van der Waals surface area contributed by atoms with Gasteiger partial charge in [0, 0.05) is 0 Å². The van der Waals surface area contributed by atoms with Crippen LogP contribution in [-0.4, -0.2) is 56.5 Å². The molecule has 0 spiro atoms. The molecule has 0 heterocycles. The summed E-state index contributed by atoms with van der Waals surface area (Å²) in [5.74, 6) is -0.140. The second-order valence-corrected chi connectivity index (χ2v) is 7.73. The molecule has 0 atom stereocenters. The first kappa shape index (κ1) is 18.4. The van der Waals surface area contributed by atoms with Gasteiger partial charge < -0.3 is 14.0 Å². The molecular weight excluding hydrogens is 242 g/mol. The Hall–Kier alpha value is -0.610. The van der Waals surface area contributed by atoms with Crippen molar-refractivity contribution in [1.29, 1.82) is 0 Å². The molecule has 0 radical (unpaired) electrons. The highest BCUT2D eigenvalue weighted by atomic mass is 16.5. The molecule has 0 rings (SSSR count). The summed E-state index contributed by atoms with van der Waals surface area (Å²) in [6, 6.07) is 0. The number of likely N-dealkylation sites (N-methyl/N-ethyl adjacent to an activating group) is 1. The lowest BCUT2D eigenvalue weighted by atomic mass is 9.97. The normalized spacial score (nSPS) is 13.5. The monoisotopic (exact) mass is 274 g/mol. The zero-order valence-electron chi connectivity index (χ0n) is 14.0. The third-order valence-corrected chi connectivity index (χ3v) is 2.77. The van der Waals surface area contributed by atoms with Crippen molar-refractivity contribution in [1.82, 2.24) is 0 Å². The minimum atomic E-state index is -0.424. The highest BCUT2D eigenvalue weighted by Gasteiger charge is 2.24. The fraction of sp³-hybridized carbons (Fsp3) is 0.933. The van der Waals surface area contributed by atoms with Gasteiger partial charge in [0.05, 0.1) is 31.7 Å². The first-order valence-electron chi connectivity index (χ1n) is 6.97. The molecule has 0 N–H and O–H groups in total. The highest BCUT2D eigenvalue weighted by molar-refractivity contribution is 5.75. The van der Waals surface area contributed by atoms with Crippen molar-refractivity contribution in [3.8, 4) is 0 Å². The van der Waals surface area contributed by atoms with Crippen molar-refractivity contribution in [3.05, 3.63) is 0 Å². The molecule has 19 heavy (non-hydrogen) atoms. The van der Waals surface area contributed by atoms with Crippen LogP contribution in [0.3, 0.4) is 0 Å². The molecule has 0 saturated heterocycles. The average Bonchev–Trinajstić information content (AvgIpc) is 2.12. The number of nitrogens with zero attached hydrogens (tertiary/aromatic N) is 1. The lowest BCUT2D eigenvalue weighted by Gasteiger charge is -2.31. The van der Waals surface area contributed by atoms with Crippen LogP contribution in [0.25, 0.3) is 0 Å². The van der Waals surface area contributed by atoms with Crippen molar-refractivity contribution in [3.63, 3.8) is 0 Å². The van der Waals surface area contributed by atoms with Gasteiger partial charge in [0.25, 0.3) is 0 Å². The van der Waals surface area contributed by atoms with Gasteiger partial charge in [0.2, 0.25) is 0 Å². The summed E-state index contributed by atoms with van der Waals surface area (Å²) in [5, 5.41) is 0. The van der Waals surface area contributed by atoms with Crippen molar-refractivity contribution in [2.45, 2.75) is 47.1 Å². The lowest BCUT2D eigenvalue weighted by Crippen LogP contribution is -2.46. The maximum absolute atomic E-state index is 11.6. The molecule has 0 aliphatic heterocycles. The van der Waals surface area contributed by atoms with Crippen LogP contribution in [-0.2, 0) is 14.3 Å². The molecule has 0 fully saturated rings. The molecular formula is C15H32NO3+. The molecule has 4 nitrogen and oxygen atoms in total. The summed E-state index contributed by atoms with van der Waals surface area (Å²) in [6.07, 6.45) is 0. The largest absolute Gasteiger partial charge is 0.459 e. The summed E-state index contributed by atoms with van der Waals surface area (Å²) in [5.41, 5.74) is -0.523. The summed E-state index contributed by atoms with van der Waals surface area (Å²) >= 11 is 0. The van der Waals surface area contributed by atoms with E-state index in [9.17, 15) is 4.79 Å². The lowest BCUT2D eigenvalue weighted by molar-refractivity contribution is -0.891. The Bertz CT molecular complexity index is 285. The van der Waals surface area contributed by atoms with Crippen molar-refractivity contribution in [2.75, 3.05) is 40.4 Å². The van der Waals surface area contributed by atoms with Crippen LogP contribution >= 0.6 is 0 Å². The molecule has 0 aromatic heterocycles. The highest BCUT2D eigenvalue weighted by Crippen LogP contribution is 2.15. The molecule has 0 amide bonds. The average molecular weight is 274 g/mol. The minimum Gasteiger partial charge on any atom is -0.459 e. The predicted octanol–water partition coefficient (Wildman–Crippen LogP) is 2.47. The van der Waals surface area contributed by atoms with E-state index in [1.807, 2.05) is 20.8 Å². The summed E-state index contributed by atoms with van der Waals surface area (Å²) < 4.78 is 11.8. The maximum atomic E-state index is 11.6. The van der Waals surface area contributed by atoms with E-state index in [-0.39, 0.29) is 11.6 Å². The molecule has 0 unspecified atom stereocenters. The van der Waals surface area contributed by atoms with Crippen LogP contribution in [0, 0.1) is 5.41 Å². The SMILES string of the molecule is CC(C)(C)OCC[N+](C)(C)CCOC(=O)C(C)(C)C. The topological polar surface area (TPSA) is 35.5 Å². The van der Waals surface area contributed by atoms with Crippen LogP contribution in [0.15, 0.2) is 0 Å². The van der Waals surface area contributed by atoms with Crippen LogP contribution in [0.4, 0.5) is 0 Å². The van der Waals surface area contributed by atoms with Gasteiger partial charge in [-0.05, 0) is 41.5 Å². The molecule has 0 aromatic carbocycles. The number of hydrogen-bond donors (Lipinski definition) is 0. The summed E-state index contributed by atoms with van der Waals surface area (Å²) in [7, 11) is 4.24. The van der Waals surface area contributed by atoms with E-state index in [4.69, 9.17) is 9.47 Å². The second kappa shape index (κ2) is 6.71. The number of ether oxygens (including phenoxy) is 2. The first-order chi connectivity index (χ1) is 8.33. The number of carbonyl (C=O) groups excluding carboxylic acids is 1. The van der Waals surface area contributed by atoms with Gasteiger partial charge in [-0.3, -0.25) is 4.79 Å². The van der Waals surface area contributed by atoms with E-state index in [0.29, 0.717) is 13.2 Å². The quantitative estimate of drug-likeness (QED) is 0.551. The Morgan fingerprint density at radius 2 is 1.42 bits per heavy atom. The third kappa shape index (κ3) is 9.91. The number of carbonyl (C=O) groups is 1. The van der Waals surface area contributed by atoms with Gasteiger partial charge in [-0.1, -0.05) is 0 Å². The standard InChI is InChI=1S/C15H32NO3/c1-14(2,3)13(17)18-11-9-16(7,8)10-12-19-15(4,5)6/h9-12H2,1-8H3/q+1. The van der Waals surface area contributed by atoms with Gasteiger partial charge in [-0.2, -0.15) is 0 Å². The summed E-state index contributed by atoms with van der Waals surface area (Å²) in [4.78, 5) is 11.6. The Morgan fingerprint density at radius 3 is 1.84 bits per heavy atom. The van der Waals surface area contributed by atoms with E-state index in [1.54, 1.807) is 0 Å². The van der Waals surface area contributed by atoms with Gasteiger partial charge in [-0.15, -0.1) is 0 Å². The van der Waals surface area contributed by atoms with Crippen LogP contribution in [0.1, 0.15) is 41.5 Å².